The van der Waals surface area contributed by atoms with Crippen LogP contribution in [0.1, 0.15) is 36.8 Å². The van der Waals surface area contributed by atoms with E-state index < -0.39 is 0 Å². The fourth-order valence-corrected chi connectivity index (χ4v) is 6.21. The van der Waals surface area contributed by atoms with Crippen molar-refractivity contribution in [3.63, 3.8) is 0 Å². The normalized spacial score (nSPS) is 13.5. The van der Waals surface area contributed by atoms with Crippen LogP contribution in [0.5, 0.6) is 5.75 Å². The highest BCUT2D eigenvalue weighted by atomic mass is 79.9. The SMILES string of the molecule is CN(C)Cc1ccc(CSCCCOc2cc3c4c(Nc5cccc(F)c5)nncc4n(C4CC4)c3cc2Br)o1. The van der Waals surface area contributed by atoms with E-state index in [1.165, 1.54) is 12.1 Å². The van der Waals surface area contributed by atoms with Gasteiger partial charge in [0.15, 0.2) is 5.82 Å². The van der Waals surface area contributed by atoms with Gasteiger partial charge < -0.3 is 23.9 Å². The van der Waals surface area contributed by atoms with Crippen molar-refractivity contribution in [1.82, 2.24) is 19.7 Å². The lowest BCUT2D eigenvalue weighted by Crippen LogP contribution is -2.09. The minimum atomic E-state index is -0.304. The van der Waals surface area contributed by atoms with Gasteiger partial charge in [-0.3, -0.25) is 0 Å². The number of nitrogens with one attached hydrogen (secondary N) is 1. The van der Waals surface area contributed by atoms with Crippen molar-refractivity contribution in [1.29, 1.82) is 0 Å². The number of benzene rings is 2. The van der Waals surface area contributed by atoms with Crippen LogP contribution in [0.25, 0.3) is 21.8 Å². The number of fused-ring (bicyclic) bond motifs is 3. The minimum Gasteiger partial charge on any atom is -0.492 e. The summed E-state index contributed by atoms with van der Waals surface area (Å²) in [6.07, 6.45) is 5.01. The minimum absolute atomic E-state index is 0.304. The average molecular weight is 625 g/mol. The Balaban J connectivity index is 1.18. The lowest BCUT2D eigenvalue weighted by atomic mass is 10.2. The molecule has 6 rings (SSSR count). The Bertz CT molecular complexity index is 1650. The van der Waals surface area contributed by atoms with Gasteiger partial charge in [0.2, 0.25) is 0 Å². The Labute approximate surface area is 245 Å². The molecule has 3 aromatic heterocycles. The summed E-state index contributed by atoms with van der Waals surface area (Å²) in [4.78, 5) is 2.10. The molecule has 0 unspecified atom stereocenters. The molecule has 40 heavy (non-hydrogen) atoms. The van der Waals surface area contributed by atoms with E-state index in [1.807, 2.05) is 38.1 Å². The molecule has 10 heteroatoms. The molecule has 1 aliphatic rings. The van der Waals surface area contributed by atoms with Gasteiger partial charge >= 0.3 is 0 Å². The van der Waals surface area contributed by atoms with E-state index in [-0.39, 0.29) is 5.82 Å². The molecule has 0 bridgehead atoms. The van der Waals surface area contributed by atoms with E-state index in [2.05, 4.69) is 65.2 Å². The number of hydrogen-bond acceptors (Lipinski definition) is 7. The quantitative estimate of drug-likeness (QED) is 0.142. The maximum atomic E-state index is 13.9. The molecule has 0 atom stereocenters. The Morgan fingerprint density at radius 1 is 1.15 bits per heavy atom. The zero-order valence-corrected chi connectivity index (χ0v) is 24.9. The molecule has 5 aromatic rings. The average Bonchev–Trinajstić information content (AvgIpc) is 3.57. The van der Waals surface area contributed by atoms with E-state index >= 15 is 0 Å². The molecule has 0 spiro atoms. The second-order valence-corrected chi connectivity index (χ2v) is 12.3. The van der Waals surface area contributed by atoms with Crippen LogP contribution in [-0.4, -0.2) is 46.1 Å². The number of ether oxygens (including phenoxy) is 1. The van der Waals surface area contributed by atoms with Gasteiger partial charge in [-0.15, -0.1) is 5.10 Å². The second kappa shape index (κ2) is 11.8. The number of rotatable bonds is 12. The van der Waals surface area contributed by atoms with Gasteiger partial charge in [-0.05, 0) is 97.5 Å². The fourth-order valence-electron chi connectivity index (χ4n) is 4.94. The molecule has 7 nitrogen and oxygen atoms in total. The largest absolute Gasteiger partial charge is 0.492 e. The summed E-state index contributed by atoms with van der Waals surface area (Å²) in [5, 5.41) is 14.0. The first-order valence-electron chi connectivity index (χ1n) is 13.4. The molecule has 1 fully saturated rings. The fraction of sp³-hybridized carbons (Fsp3) is 0.333. The van der Waals surface area contributed by atoms with Crippen molar-refractivity contribution in [2.75, 3.05) is 31.8 Å². The van der Waals surface area contributed by atoms with Gasteiger partial charge in [-0.25, -0.2) is 4.39 Å². The van der Waals surface area contributed by atoms with Crippen molar-refractivity contribution in [3.05, 3.63) is 76.5 Å². The van der Waals surface area contributed by atoms with Crippen molar-refractivity contribution >= 4 is 61.0 Å². The molecular weight excluding hydrogens is 593 g/mol. The third kappa shape index (κ3) is 5.99. The van der Waals surface area contributed by atoms with Gasteiger partial charge in [0.25, 0.3) is 0 Å². The highest BCUT2D eigenvalue weighted by molar-refractivity contribution is 9.10. The number of aromatic nitrogens is 3. The molecule has 1 N–H and O–H groups in total. The Kier molecular flexibility index (Phi) is 8.00. The van der Waals surface area contributed by atoms with Crippen LogP contribution in [0.3, 0.4) is 0 Å². The maximum Gasteiger partial charge on any atom is 0.163 e. The summed E-state index contributed by atoms with van der Waals surface area (Å²) in [5.41, 5.74) is 2.75. The highest BCUT2D eigenvalue weighted by Crippen LogP contribution is 2.46. The van der Waals surface area contributed by atoms with Crippen LogP contribution >= 0.6 is 27.7 Å². The third-order valence-electron chi connectivity index (χ3n) is 6.79. The first-order valence-corrected chi connectivity index (χ1v) is 15.4. The number of furan rings is 1. The van der Waals surface area contributed by atoms with Crippen LogP contribution in [0.15, 0.2) is 63.6 Å². The van der Waals surface area contributed by atoms with E-state index in [4.69, 9.17) is 9.15 Å². The van der Waals surface area contributed by atoms with Crippen LogP contribution in [-0.2, 0) is 12.3 Å². The lowest BCUT2D eigenvalue weighted by molar-refractivity contribution is 0.317. The molecular formula is C30H31BrFN5O2S. The molecule has 0 amide bonds. The van der Waals surface area contributed by atoms with Gasteiger partial charge in [-0.1, -0.05) is 6.07 Å². The molecule has 2 aromatic carbocycles. The van der Waals surface area contributed by atoms with Crippen LogP contribution in [0.2, 0.25) is 0 Å². The predicted molar refractivity (Wildman–Crippen MR) is 163 cm³/mol. The lowest BCUT2D eigenvalue weighted by Gasteiger charge is -2.10. The van der Waals surface area contributed by atoms with Crippen molar-refractivity contribution in [2.45, 2.75) is 37.6 Å². The summed E-state index contributed by atoms with van der Waals surface area (Å²) >= 11 is 5.59. The van der Waals surface area contributed by atoms with Crippen molar-refractivity contribution in [2.24, 2.45) is 0 Å². The zero-order valence-electron chi connectivity index (χ0n) is 22.5. The standard InChI is InChI=1S/C30H31BrFN5O2S/c1-36(2)17-22-9-10-23(39-22)18-40-12-4-11-38-28-14-24-26(15-25(28)31)37(21-7-8-21)27-16-33-35-30(29(24)27)34-20-6-3-5-19(32)13-20/h3,5-6,9-10,13-16,21H,4,7-8,11-12,17-18H2,1-2H3,(H,34,35). The Hall–Kier alpha value is -3.08. The molecule has 208 valence electrons. The first-order chi connectivity index (χ1) is 19.5. The topological polar surface area (TPSA) is 68.3 Å². The first kappa shape index (κ1) is 27.1. The Morgan fingerprint density at radius 2 is 2.00 bits per heavy atom. The highest BCUT2D eigenvalue weighted by Gasteiger charge is 2.29. The molecule has 0 saturated heterocycles. The van der Waals surface area contributed by atoms with Crippen LogP contribution in [0.4, 0.5) is 15.9 Å². The summed E-state index contributed by atoms with van der Waals surface area (Å²) in [6, 6.07) is 15.2. The summed E-state index contributed by atoms with van der Waals surface area (Å²) in [6.45, 7) is 1.42. The van der Waals surface area contributed by atoms with Gasteiger partial charge in [0.1, 0.15) is 23.1 Å². The van der Waals surface area contributed by atoms with Gasteiger partial charge in [-0.2, -0.15) is 16.9 Å². The number of halogens is 2. The summed E-state index contributed by atoms with van der Waals surface area (Å²) in [5.74, 6) is 4.92. The summed E-state index contributed by atoms with van der Waals surface area (Å²) < 4.78 is 29.3. The Morgan fingerprint density at radius 3 is 2.80 bits per heavy atom. The smallest absolute Gasteiger partial charge is 0.163 e. The summed E-state index contributed by atoms with van der Waals surface area (Å²) in [7, 11) is 4.07. The number of hydrogen-bond donors (Lipinski definition) is 1. The van der Waals surface area contributed by atoms with E-state index in [0.717, 1.165) is 80.9 Å². The van der Waals surface area contributed by atoms with E-state index in [0.29, 0.717) is 24.2 Å². The van der Waals surface area contributed by atoms with E-state index in [9.17, 15) is 4.39 Å². The molecule has 3 heterocycles. The molecule has 0 aliphatic heterocycles. The van der Waals surface area contributed by atoms with Gasteiger partial charge in [0.05, 0.1) is 46.0 Å². The monoisotopic (exact) mass is 623 g/mol. The van der Waals surface area contributed by atoms with E-state index in [1.54, 1.807) is 6.07 Å². The van der Waals surface area contributed by atoms with Crippen molar-refractivity contribution in [3.8, 4) is 5.75 Å². The molecule has 1 aliphatic carbocycles. The number of thioether (sulfide) groups is 1. The second-order valence-electron chi connectivity index (χ2n) is 10.4. The van der Waals surface area contributed by atoms with Crippen LogP contribution in [0, 0.1) is 5.82 Å². The zero-order chi connectivity index (χ0) is 27.6. The number of anilines is 2. The van der Waals surface area contributed by atoms with Crippen LogP contribution < -0.4 is 10.1 Å². The number of nitrogens with zero attached hydrogens (tertiary/aromatic N) is 4. The van der Waals surface area contributed by atoms with Gasteiger partial charge in [0, 0.05) is 17.1 Å². The predicted octanol–water partition coefficient (Wildman–Crippen LogP) is 7.92. The molecule has 0 radical (unpaired) electrons. The third-order valence-corrected chi connectivity index (χ3v) is 8.48. The maximum absolute atomic E-state index is 13.9. The molecule has 1 saturated carbocycles. The van der Waals surface area contributed by atoms with Crippen molar-refractivity contribution < 1.29 is 13.5 Å².